The minimum Gasteiger partial charge on any atom is -0.385 e. The number of rotatable bonds is 8. The number of hydrogen-bond acceptors (Lipinski definition) is 5. The summed E-state index contributed by atoms with van der Waals surface area (Å²) in [7, 11) is 0. The zero-order chi connectivity index (χ0) is 21.5. The largest absolute Gasteiger partial charge is 0.385 e. The van der Waals surface area contributed by atoms with Crippen molar-refractivity contribution in [2.45, 2.75) is 32.1 Å². The van der Waals surface area contributed by atoms with Crippen molar-refractivity contribution in [1.82, 2.24) is 10.3 Å². The highest BCUT2D eigenvalue weighted by molar-refractivity contribution is 7.17. The van der Waals surface area contributed by atoms with E-state index in [0.717, 1.165) is 49.9 Å². The average Bonchev–Trinajstić information content (AvgIpc) is 3.18. The van der Waals surface area contributed by atoms with Gasteiger partial charge in [0.05, 0.1) is 11.1 Å². The molecule has 0 saturated carbocycles. The molecule has 2 heterocycles. The number of carbonyl (C=O) groups is 2. The van der Waals surface area contributed by atoms with Crippen LogP contribution in [0.15, 0.2) is 54.9 Å². The molecule has 160 valence electrons. The van der Waals surface area contributed by atoms with Crippen molar-refractivity contribution in [3.05, 3.63) is 76.4 Å². The predicted octanol–water partition coefficient (Wildman–Crippen LogP) is 4.51. The SMILES string of the molecule is O=C(Nc1sc2c(c1C(=O)NCCCNc1ccccc1)CCCC2)c1cccnc1. The van der Waals surface area contributed by atoms with Crippen LogP contribution in [0.5, 0.6) is 0 Å². The van der Waals surface area contributed by atoms with Gasteiger partial charge in [-0.25, -0.2) is 0 Å². The van der Waals surface area contributed by atoms with Gasteiger partial charge in [-0.1, -0.05) is 18.2 Å². The number of para-hydroxylation sites is 1. The summed E-state index contributed by atoms with van der Waals surface area (Å²) in [4.78, 5) is 30.9. The second-order valence-corrected chi connectivity index (χ2v) is 8.62. The molecule has 7 heteroatoms. The van der Waals surface area contributed by atoms with Gasteiger partial charge in [0.25, 0.3) is 11.8 Å². The van der Waals surface area contributed by atoms with E-state index < -0.39 is 0 Å². The Kier molecular flexibility index (Phi) is 6.94. The van der Waals surface area contributed by atoms with Gasteiger partial charge in [-0.05, 0) is 61.9 Å². The Morgan fingerprint density at radius 2 is 1.81 bits per heavy atom. The summed E-state index contributed by atoms with van der Waals surface area (Å²) in [5.74, 6) is -0.353. The fourth-order valence-electron chi connectivity index (χ4n) is 3.73. The Bertz CT molecular complexity index is 1030. The van der Waals surface area contributed by atoms with E-state index in [4.69, 9.17) is 0 Å². The lowest BCUT2D eigenvalue weighted by Gasteiger charge is -2.13. The van der Waals surface area contributed by atoms with E-state index in [1.54, 1.807) is 18.3 Å². The monoisotopic (exact) mass is 434 g/mol. The van der Waals surface area contributed by atoms with Gasteiger partial charge in [-0.3, -0.25) is 14.6 Å². The smallest absolute Gasteiger partial charge is 0.257 e. The molecule has 2 amide bonds. The van der Waals surface area contributed by atoms with Crippen molar-refractivity contribution < 1.29 is 9.59 Å². The molecule has 0 aliphatic heterocycles. The quantitative estimate of drug-likeness (QED) is 0.456. The number of amides is 2. The molecular weight excluding hydrogens is 408 g/mol. The van der Waals surface area contributed by atoms with E-state index in [1.807, 2.05) is 30.3 Å². The Hall–Kier alpha value is -3.19. The van der Waals surface area contributed by atoms with E-state index in [2.05, 4.69) is 20.9 Å². The first-order valence-electron chi connectivity index (χ1n) is 10.7. The summed E-state index contributed by atoms with van der Waals surface area (Å²) < 4.78 is 0. The molecule has 0 radical (unpaired) electrons. The summed E-state index contributed by atoms with van der Waals surface area (Å²) in [5, 5.41) is 9.98. The Labute approximate surface area is 186 Å². The van der Waals surface area contributed by atoms with Crippen molar-refractivity contribution in [1.29, 1.82) is 0 Å². The van der Waals surface area contributed by atoms with Gasteiger partial charge in [0.15, 0.2) is 0 Å². The van der Waals surface area contributed by atoms with Gasteiger partial charge in [0.1, 0.15) is 5.00 Å². The third-order valence-electron chi connectivity index (χ3n) is 5.29. The molecule has 1 aromatic carbocycles. The number of nitrogens with one attached hydrogen (secondary N) is 3. The number of anilines is 2. The maximum atomic E-state index is 13.1. The van der Waals surface area contributed by atoms with E-state index in [9.17, 15) is 9.59 Å². The van der Waals surface area contributed by atoms with Gasteiger partial charge >= 0.3 is 0 Å². The Balaban J connectivity index is 1.40. The van der Waals surface area contributed by atoms with Crippen LogP contribution in [0.2, 0.25) is 0 Å². The molecule has 0 spiro atoms. The molecule has 31 heavy (non-hydrogen) atoms. The van der Waals surface area contributed by atoms with Crippen molar-refractivity contribution in [2.24, 2.45) is 0 Å². The highest BCUT2D eigenvalue weighted by Crippen LogP contribution is 2.38. The van der Waals surface area contributed by atoms with E-state index in [0.29, 0.717) is 22.7 Å². The fraction of sp³-hybridized carbons (Fsp3) is 0.292. The lowest BCUT2D eigenvalue weighted by Crippen LogP contribution is -2.28. The van der Waals surface area contributed by atoms with Crippen LogP contribution in [0.25, 0.3) is 0 Å². The van der Waals surface area contributed by atoms with Crippen molar-refractivity contribution in [2.75, 3.05) is 23.7 Å². The van der Waals surface area contributed by atoms with E-state index in [-0.39, 0.29) is 11.8 Å². The van der Waals surface area contributed by atoms with Crippen molar-refractivity contribution in [3.8, 4) is 0 Å². The molecule has 1 aliphatic rings. The van der Waals surface area contributed by atoms with Crippen molar-refractivity contribution >= 4 is 33.8 Å². The van der Waals surface area contributed by atoms with Crippen LogP contribution in [-0.2, 0) is 12.8 Å². The molecule has 0 saturated heterocycles. The van der Waals surface area contributed by atoms with Gasteiger partial charge in [-0.2, -0.15) is 0 Å². The van der Waals surface area contributed by atoms with E-state index in [1.165, 1.54) is 22.4 Å². The maximum absolute atomic E-state index is 13.1. The van der Waals surface area contributed by atoms with Gasteiger partial charge in [0, 0.05) is 36.0 Å². The highest BCUT2D eigenvalue weighted by Gasteiger charge is 2.26. The van der Waals surface area contributed by atoms with Crippen LogP contribution in [0.4, 0.5) is 10.7 Å². The zero-order valence-electron chi connectivity index (χ0n) is 17.3. The number of fused-ring (bicyclic) bond motifs is 1. The summed E-state index contributed by atoms with van der Waals surface area (Å²) in [6, 6.07) is 13.5. The fourth-order valence-corrected chi connectivity index (χ4v) is 5.02. The summed E-state index contributed by atoms with van der Waals surface area (Å²) >= 11 is 1.53. The number of aromatic nitrogens is 1. The Morgan fingerprint density at radius 1 is 0.968 bits per heavy atom. The topological polar surface area (TPSA) is 83.1 Å². The minimum absolute atomic E-state index is 0.111. The molecule has 4 rings (SSSR count). The minimum atomic E-state index is -0.243. The lowest BCUT2D eigenvalue weighted by atomic mass is 9.95. The first kappa shape index (κ1) is 21.1. The second-order valence-electron chi connectivity index (χ2n) is 7.51. The van der Waals surface area contributed by atoms with Gasteiger partial charge in [0.2, 0.25) is 0 Å². The van der Waals surface area contributed by atoms with Gasteiger partial charge < -0.3 is 16.0 Å². The Morgan fingerprint density at radius 3 is 2.61 bits per heavy atom. The van der Waals surface area contributed by atoms with Crippen LogP contribution in [-0.4, -0.2) is 29.9 Å². The number of hydrogen-bond donors (Lipinski definition) is 3. The number of thiophene rings is 1. The first-order valence-corrected chi connectivity index (χ1v) is 11.5. The molecule has 0 bridgehead atoms. The summed E-state index contributed by atoms with van der Waals surface area (Å²) in [5.41, 5.74) is 3.28. The first-order chi connectivity index (χ1) is 15.2. The maximum Gasteiger partial charge on any atom is 0.257 e. The summed E-state index contributed by atoms with van der Waals surface area (Å²) in [6.45, 7) is 1.34. The number of aryl methyl sites for hydroxylation is 1. The molecule has 3 N–H and O–H groups in total. The van der Waals surface area contributed by atoms with Crippen molar-refractivity contribution in [3.63, 3.8) is 0 Å². The number of pyridine rings is 1. The number of benzene rings is 1. The molecule has 3 aromatic rings. The molecule has 2 aromatic heterocycles. The average molecular weight is 435 g/mol. The molecular formula is C24H26N4O2S. The van der Waals surface area contributed by atoms with Crippen LogP contribution in [0, 0.1) is 0 Å². The summed E-state index contributed by atoms with van der Waals surface area (Å²) in [6.07, 6.45) is 8.01. The van der Waals surface area contributed by atoms with Crippen LogP contribution in [0.1, 0.15) is 50.4 Å². The second kappa shape index (κ2) is 10.2. The van der Waals surface area contributed by atoms with Crippen LogP contribution < -0.4 is 16.0 Å². The molecule has 0 unspecified atom stereocenters. The molecule has 6 nitrogen and oxygen atoms in total. The highest BCUT2D eigenvalue weighted by atomic mass is 32.1. The standard InChI is InChI=1S/C24H26N4O2S/c29-22(17-8-6-13-25-16-17)28-24-21(19-11-4-5-12-20(19)31-24)23(30)27-15-7-14-26-18-9-2-1-3-10-18/h1-3,6,8-10,13,16,26H,4-5,7,11-12,14-15H2,(H,27,30)(H,28,29). The van der Waals surface area contributed by atoms with Gasteiger partial charge in [-0.15, -0.1) is 11.3 Å². The molecule has 0 atom stereocenters. The lowest BCUT2D eigenvalue weighted by molar-refractivity contribution is 0.0953. The third-order valence-corrected chi connectivity index (χ3v) is 6.50. The van der Waals surface area contributed by atoms with E-state index >= 15 is 0 Å². The predicted molar refractivity (Wildman–Crippen MR) is 125 cm³/mol. The normalized spacial score (nSPS) is 12.6. The van der Waals surface area contributed by atoms with Crippen LogP contribution >= 0.6 is 11.3 Å². The zero-order valence-corrected chi connectivity index (χ0v) is 18.1. The molecule has 1 aliphatic carbocycles. The number of nitrogens with zero attached hydrogens (tertiary/aromatic N) is 1. The number of carbonyl (C=O) groups excluding carboxylic acids is 2. The molecule has 0 fully saturated rings. The van der Waals surface area contributed by atoms with Crippen LogP contribution in [0.3, 0.4) is 0 Å². The third kappa shape index (κ3) is 5.30.